The summed E-state index contributed by atoms with van der Waals surface area (Å²) in [6, 6.07) is 21.8. The summed E-state index contributed by atoms with van der Waals surface area (Å²) < 4.78 is 5.61. The Labute approximate surface area is 188 Å². The van der Waals surface area contributed by atoms with Crippen molar-refractivity contribution in [3.63, 3.8) is 0 Å². The number of halogens is 1. The van der Waals surface area contributed by atoms with Gasteiger partial charge in [-0.3, -0.25) is 10.3 Å². The van der Waals surface area contributed by atoms with Gasteiger partial charge in [0.05, 0.1) is 6.61 Å². The van der Waals surface area contributed by atoms with Crippen LogP contribution in [-0.4, -0.2) is 17.4 Å². The lowest BCUT2D eigenvalue weighted by atomic mass is 9.93. The van der Waals surface area contributed by atoms with Crippen LogP contribution in [0.5, 0.6) is 11.5 Å². The van der Waals surface area contributed by atoms with Crippen molar-refractivity contribution in [1.82, 2.24) is 5.32 Å². The zero-order valence-corrected chi connectivity index (χ0v) is 18.6. The van der Waals surface area contributed by atoms with Crippen molar-refractivity contribution >= 4 is 17.3 Å². The Bertz CT molecular complexity index is 1080. The summed E-state index contributed by atoms with van der Waals surface area (Å²) in [5.41, 5.74) is 5.07. The first-order valence-electron chi connectivity index (χ1n) is 10.7. The van der Waals surface area contributed by atoms with E-state index in [0.29, 0.717) is 23.8 Å². The van der Waals surface area contributed by atoms with Crippen molar-refractivity contribution in [2.24, 2.45) is 4.99 Å². The summed E-state index contributed by atoms with van der Waals surface area (Å²) in [6.45, 7) is 4.55. The molecule has 1 aliphatic heterocycles. The van der Waals surface area contributed by atoms with Gasteiger partial charge in [-0.1, -0.05) is 73.1 Å². The molecule has 0 fully saturated rings. The Hall–Kier alpha value is -2.82. The third-order valence-electron chi connectivity index (χ3n) is 5.64. The topological polar surface area (TPSA) is 53.8 Å². The van der Waals surface area contributed by atoms with Crippen molar-refractivity contribution in [2.75, 3.05) is 6.61 Å². The van der Waals surface area contributed by atoms with Crippen molar-refractivity contribution in [2.45, 2.75) is 38.9 Å². The quantitative estimate of drug-likeness (QED) is 0.483. The van der Waals surface area contributed by atoms with Crippen molar-refractivity contribution < 1.29 is 9.84 Å². The third-order valence-corrected chi connectivity index (χ3v) is 5.99. The maximum Gasteiger partial charge on any atom is 0.162 e. The highest BCUT2D eigenvalue weighted by atomic mass is 35.5. The SMILES string of the molecule is CCOc1cccc(C2CC(c3ccc(CC)cc3)=NC(c3ccccc3Cl)N2)c1O. The number of nitrogens with one attached hydrogen (secondary N) is 1. The number of phenols is 1. The van der Waals surface area contributed by atoms with E-state index in [-0.39, 0.29) is 18.0 Å². The van der Waals surface area contributed by atoms with Crippen molar-refractivity contribution in [3.05, 3.63) is 94.0 Å². The highest BCUT2D eigenvalue weighted by molar-refractivity contribution is 6.31. The van der Waals surface area contributed by atoms with Crippen LogP contribution in [0.4, 0.5) is 0 Å². The lowest BCUT2D eigenvalue weighted by Gasteiger charge is -2.31. The van der Waals surface area contributed by atoms with Crippen LogP contribution in [0.1, 0.15) is 54.7 Å². The molecule has 2 unspecified atom stereocenters. The van der Waals surface area contributed by atoms with Gasteiger partial charge in [-0.25, -0.2) is 0 Å². The number of rotatable bonds is 6. The van der Waals surface area contributed by atoms with Gasteiger partial charge in [-0.05, 0) is 36.6 Å². The van der Waals surface area contributed by atoms with Gasteiger partial charge in [0.15, 0.2) is 11.5 Å². The summed E-state index contributed by atoms with van der Waals surface area (Å²) in [5, 5.41) is 15.1. The lowest BCUT2D eigenvalue weighted by molar-refractivity contribution is 0.313. The summed E-state index contributed by atoms with van der Waals surface area (Å²) in [4.78, 5) is 5.01. The minimum atomic E-state index is -0.316. The second-order valence-corrected chi connectivity index (χ2v) is 8.01. The monoisotopic (exact) mass is 434 g/mol. The highest BCUT2D eigenvalue weighted by Crippen LogP contribution is 2.39. The Balaban J connectivity index is 1.76. The number of aromatic hydroxyl groups is 1. The standard InChI is InChI=1S/C26H27ClN2O2/c1-3-17-12-14-18(15-13-17)22-16-23(20-9-7-11-24(25(20)30)31-4-2)29-26(28-22)19-8-5-6-10-21(19)27/h5-15,23,26,29-30H,3-4,16H2,1-2H3. The van der Waals surface area contributed by atoms with Crippen LogP contribution in [0.2, 0.25) is 5.02 Å². The van der Waals surface area contributed by atoms with Gasteiger partial charge in [-0.2, -0.15) is 0 Å². The number of aliphatic imine (C=N–C) groups is 1. The maximum absolute atomic E-state index is 10.9. The number of ether oxygens (including phenoxy) is 1. The number of aryl methyl sites for hydroxylation is 1. The van der Waals surface area contributed by atoms with Crippen LogP contribution in [0.15, 0.2) is 71.7 Å². The molecule has 0 radical (unpaired) electrons. The highest BCUT2D eigenvalue weighted by Gasteiger charge is 2.29. The number of phenolic OH excluding ortho intramolecular Hbond substituents is 1. The van der Waals surface area contributed by atoms with Crippen LogP contribution in [0.3, 0.4) is 0 Å². The number of para-hydroxylation sites is 1. The molecule has 4 nitrogen and oxygen atoms in total. The molecule has 0 spiro atoms. The number of benzene rings is 3. The average Bonchev–Trinajstić information content (AvgIpc) is 2.80. The molecule has 5 heteroatoms. The zero-order chi connectivity index (χ0) is 21.8. The lowest BCUT2D eigenvalue weighted by Crippen LogP contribution is -2.33. The molecule has 3 aromatic carbocycles. The van der Waals surface area contributed by atoms with Crippen LogP contribution in [0, 0.1) is 0 Å². The molecular formula is C26H27ClN2O2. The molecule has 31 heavy (non-hydrogen) atoms. The van der Waals surface area contributed by atoms with E-state index in [1.165, 1.54) is 5.56 Å². The second kappa shape index (κ2) is 9.54. The van der Waals surface area contributed by atoms with E-state index >= 15 is 0 Å². The summed E-state index contributed by atoms with van der Waals surface area (Å²) in [6.07, 6.45) is 1.33. The Kier molecular flexibility index (Phi) is 6.59. The summed E-state index contributed by atoms with van der Waals surface area (Å²) in [7, 11) is 0. The Morgan fingerprint density at radius 3 is 2.45 bits per heavy atom. The van der Waals surface area contributed by atoms with Gasteiger partial charge >= 0.3 is 0 Å². The van der Waals surface area contributed by atoms with E-state index in [4.69, 9.17) is 21.3 Å². The molecule has 0 amide bonds. The fourth-order valence-corrected chi connectivity index (χ4v) is 4.20. The maximum atomic E-state index is 10.9. The van der Waals surface area contributed by atoms with E-state index in [1.807, 2.05) is 43.3 Å². The van der Waals surface area contributed by atoms with Gasteiger partial charge in [0.2, 0.25) is 0 Å². The second-order valence-electron chi connectivity index (χ2n) is 7.60. The van der Waals surface area contributed by atoms with Gasteiger partial charge < -0.3 is 9.84 Å². The zero-order valence-electron chi connectivity index (χ0n) is 17.8. The fraction of sp³-hybridized carbons (Fsp3) is 0.269. The van der Waals surface area contributed by atoms with Gasteiger partial charge in [0, 0.05) is 34.3 Å². The number of hydrogen-bond donors (Lipinski definition) is 2. The molecule has 2 N–H and O–H groups in total. The molecular weight excluding hydrogens is 408 g/mol. The number of hydrogen-bond acceptors (Lipinski definition) is 4. The molecule has 1 aliphatic rings. The third kappa shape index (κ3) is 4.60. The van der Waals surface area contributed by atoms with E-state index in [0.717, 1.165) is 28.8 Å². The van der Waals surface area contributed by atoms with Crippen LogP contribution in [0.25, 0.3) is 0 Å². The fourth-order valence-electron chi connectivity index (χ4n) is 3.96. The smallest absolute Gasteiger partial charge is 0.162 e. The first kappa shape index (κ1) is 21.4. The molecule has 0 saturated heterocycles. The molecule has 0 bridgehead atoms. The predicted octanol–water partition coefficient (Wildman–Crippen LogP) is 6.23. The molecule has 160 valence electrons. The van der Waals surface area contributed by atoms with E-state index < -0.39 is 0 Å². The average molecular weight is 435 g/mol. The van der Waals surface area contributed by atoms with Gasteiger partial charge in [0.25, 0.3) is 0 Å². The van der Waals surface area contributed by atoms with E-state index in [2.05, 4.69) is 36.5 Å². The van der Waals surface area contributed by atoms with E-state index in [9.17, 15) is 5.11 Å². The molecule has 0 aromatic heterocycles. The summed E-state index contributed by atoms with van der Waals surface area (Å²) >= 11 is 6.50. The van der Waals surface area contributed by atoms with Gasteiger partial charge in [-0.15, -0.1) is 0 Å². The minimum absolute atomic E-state index is 0.139. The molecule has 0 aliphatic carbocycles. The first-order chi connectivity index (χ1) is 15.1. The Morgan fingerprint density at radius 2 is 1.74 bits per heavy atom. The molecule has 3 aromatic rings. The normalized spacial score (nSPS) is 18.5. The van der Waals surface area contributed by atoms with Crippen LogP contribution >= 0.6 is 11.6 Å². The first-order valence-corrected chi connectivity index (χ1v) is 11.1. The molecule has 4 rings (SSSR count). The largest absolute Gasteiger partial charge is 0.504 e. The minimum Gasteiger partial charge on any atom is -0.504 e. The van der Waals surface area contributed by atoms with Crippen LogP contribution < -0.4 is 10.1 Å². The van der Waals surface area contributed by atoms with Crippen molar-refractivity contribution in [1.29, 1.82) is 0 Å². The number of nitrogens with zero attached hydrogens (tertiary/aromatic N) is 1. The molecule has 1 heterocycles. The van der Waals surface area contributed by atoms with E-state index in [1.54, 1.807) is 6.07 Å². The molecule has 0 saturated carbocycles. The predicted molar refractivity (Wildman–Crippen MR) is 126 cm³/mol. The van der Waals surface area contributed by atoms with Crippen molar-refractivity contribution in [3.8, 4) is 11.5 Å². The van der Waals surface area contributed by atoms with Gasteiger partial charge in [0.1, 0.15) is 6.17 Å². The molecule has 2 atom stereocenters. The van der Waals surface area contributed by atoms with Crippen LogP contribution in [-0.2, 0) is 6.42 Å². The summed E-state index contributed by atoms with van der Waals surface area (Å²) in [5.74, 6) is 0.662. The Morgan fingerprint density at radius 1 is 1.00 bits per heavy atom.